The molecule has 1 heterocycles. The predicted molar refractivity (Wildman–Crippen MR) is 134 cm³/mol. The number of phenolic OH excluding ortho intramolecular Hbond substituents is 1. The monoisotopic (exact) mass is 446 g/mol. The van der Waals surface area contributed by atoms with Crippen LogP contribution in [0.5, 0.6) is 5.75 Å². The van der Waals surface area contributed by atoms with Crippen LogP contribution in [0.4, 0.5) is 0 Å². The maximum atomic E-state index is 12.9. The number of hydrogen-bond donors (Lipinski definition) is 2. The van der Waals surface area contributed by atoms with Crippen molar-refractivity contribution in [3.63, 3.8) is 0 Å². The molecular weight excluding hydrogens is 424 g/mol. The van der Waals surface area contributed by atoms with E-state index in [1.807, 2.05) is 91.9 Å². The van der Waals surface area contributed by atoms with Crippen molar-refractivity contribution in [3.05, 3.63) is 114 Å². The third kappa shape index (κ3) is 4.17. The first-order valence-electron chi connectivity index (χ1n) is 10.9. The van der Waals surface area contributed by atoms with Gasteiger partial charge in [0.05, 0.1) is 17.6 Å². The third-order valence-corrected chi connectivity index (χ3v) is 5.60. The number of hydrazone groups is 1. The van der Waals surface area contributed by atoms with Crippen LogP contribution in [0.15, 0.2) is 102 Å². The molecule has 6 nitrogen and oxygen atoms in total. The van der Waals surface area contributed by atoms with Gasteiger partial charge in [-0.2, -0.15) is 10.2 Å². The average Bonchev–Trinajstić information content (AvgIpc) is 3.32. The van der Waals surface area contributed by atoms with E-state index in [1.165, 1.54) is 6.21 Å². The molecule has 0 radical (unpaired) electrons. The summed E-state index contributed by atoms with van der Waals surface area (Å²) in [6.07, 6.45) is 1.45. The first kappa shape index (κ1) is 21.2. The number of para-hydroxylation sites is 1. The summed E-state index contributed by atoms with van der Waals surface area (Å²) in [7, 11) is 0. The Morgan fingerprint density at radius 3 is 2.47 bits per heavy atom. The molecule has 5 rings (SSSR count). The Hall–Kier alpha value is -4.71. The molecule has 0 bridgehead atoms. The lowest BCUT2D eigenvalue weighted by atomic mass is 10.0. The highest BCUT2D eigenvalue weighted by molar-refractivity contribution is 6.03. The number of nitrogens with zero attached hydrogens (tertiary/aromatic N) is 3. The summed E-state index contributed by atoms with van der Waals surface area (Å²) in [6.45, 7) is 2.03. The first-order chi connectivity index (χ1) is 16.6. The zero-order chi connectivity index (χ0) is 23.5. The van der Waals surface area contributed by atoms with Gasteiger partial charge in [0.2, 0.25) is 0 Å². The number of carbonyl (C=O) groups excluding carboxylic acids is 1. The van der Waals surface area contributed by atoms with Crippen LogP contribution in [0.2, 0.25) is 0 Å². The Morgan fingerprint density at radius 2 is 1.68 bits per heavy atom. The minimum atomic E-state index is -0.445. The maximum absolute atomic E-state index is 12.9. The summed E-state index contributed by atoms with van der Waals surface area (Å²) in [5.74, 6) is -0.356. The summed E-state index contributed by atoms with van der Waals surface area (Å²) >= 11 is 0. The molecule has 0 atom stereocenters. The van der Waals surface area contributed by atoms with E-state index in [9.17, 15) is 9.90 Å². The number of phenols is 1. The predicted octanol–water partition coefficient (Wildman–Crippen LogP) is 5.47. The number of rotatable bonds is 5. The first-order valence-corrected chi connectivity index (χ1v) is 10.9. The van der Waals surface area contributed by atoms with E-state index < -0.39 is 5.91 Å². The normalized spacial score (nSPS) is 11.2. The summed E-state index contributed by atoms with van der Waals surface area (Å²) in [5.41, 5.74) is 7.05. The van der Waals surface area contributed by atoms with Gasteiger partial charge in [0, 0.05) is 11.1 Å². The Morgan fingerprint density at radius 1 is 0.941 bits per heavy atom. The second kappa shape index (κ2) is 9.03. The standard InChI is InChI=1S/C28H22N4O2/c1-19-11-13-21(14-12-19)26-17-25(31-32(26)22-8-3-2-4-9-22)28(34)30-29-18-24-23-10-6-5-7-20(23)15-16-27(24)33/h2-18,33H,1H3,(H,30,34)/b29-18-. The van der Waals surface area contributed by atoms with Crippen molar-refractivity contribution >= 4 is 22.9 Å². The van der Waals surface area contributed by atoms with Crippen molar-refractivity contribution in [2.24, 2.45) is 5.10 Å². The number of aryl methyl sites for hydroxylation is 1. The number of aromatic hydroxyl groups is 1. The number of fused-ring (bicyclic) bond motifs is 1. The van der Waals surface area contributed by atoms with Crippen LogP contribution in [-0.4, -0.2) is 27.0 Å². The van der Waals surface area contributed by atoms with Crippen molar-refractivity contribution in [3.8, 4) is 22.7 Å². The topological polar surface area (TPSA) is 79.5 Å². The summed E-state index contributed by atoms with van der Waals surface area (Å²) < 4.78 is 1.75. The van der Waals surface area contributed by atoms with Crippen LogP contribution in [0, 0.1) is 6.92 Å². The lowest BCUT2D eigenvalue weighted by Gasteiger charge is -2.07. The molecule has 4 aromatic carbocycles. The molecular formula is C28H22N4O2. The van der Waals surface area contributed by atoms with Gasteiger partial charge < -0.3 is 5.11 Å². The van der Waals surface area contributed by atoms with Crippen molar-refractivity contribution in [1.29, 1.82) is 0 Å². The fraction of sp³-hybridized carbons (Fsp3) is 0.0357. The van der Waals surface area contributed by atoms with Gasteiger partial charge in [-0.1, -0.05) is 78.4 Å². The quantitative estimate of drug-likeness (QED) is 0.278. The minimum Gasteiger partial charge on any atom is -0.507 e. The third-order valence-electron chi connectivity index (χ3n) is 5.60. The van der Waals surface area contributed by atoms with Gasteiger partial charge in [0.1, 0.15) is 5.75 Å². The molecule has 1 aromatic heterocycles. The summed E-state index contributed by atoms with van der Waals surface area (Å²) in [6, 6.07) is 30.6. The van der Waals surface area contributed by atoms with E-state index in [-0.39, 0.29) is 11.4 Å². The number of hydrogen-bond acceptors (Lipinski definition) is 4. The van der Waals surface area contributed by atoms with E-state index in [4.69, 9.17) is 0 Å². The molecule has 0 fully saturated rings. The van der Waals surface area contributed by atoms with Crippen LogP contribution in [0.3, 0.4) is 0 Å². The van der Waals surface area contributed by atoms with Gasteiger partial charge in [-0.15, -0.1) is 0 Å². The van der Waals surface area contributed by atoms with Crippen molar-refractivity contribution in [1.82, 2.24) is 15.2 Å². The number of carbonyl (C=O) groups is 1. The van der Waals surface area contributed by atoms with Gasteiger partial charge in [-0.05, 0) is 42.0 Å². The Kier molecular flexibility index (Phi) is 5.62. The Labute approximate surface area is 196 Å². The SMILES string of the molecule is Cc1ccc(-c2cc(C(=O)N/N=C\c3c(O)ccc4ccccc34)nn2-c2ccccc2)cc1. The van der Waals surface area contributed by atoms with Crippen LogP contribution < -0.4 is 5.43 Å². The van der Waals surface area contributed by atoms with E-state index in [0.29, 0.717) is 5.56 Å². The van der Waals surface area contributed by atoms with Gasteiger partial charge in [-0.25, -0.2) is 10.1 Å². The van der Waals surface area contributed by atoms with E-state index in [1.54, 1.807) is 16.8 Å². The van der Waals surface area contributed by atoms with E-state index in [0.717, 1.165) is 33.3 Å². The van der Waals surface area contributed by atoms with Crippen LogP contribution >= 0.6 is 0 Å². The van der Waals surface area contributed by atoms with Gasteiger partial charge in [0.15, 0.2) is 5.69 Å². The zero-order valence-corrected chi connectivity index (χ0v) is 18.5. The highest BCUT2D eigenvalue weighted by Crippen LogP contribution is 2.26. The van der Waals surface area contributed by atoms with Crippen LogP contribution in [-0.2, 0) is 0 Å². The number of aromatic nitrogens is 2. The van der Waals surface area contributed by atoms with Crippen LogP contribution in [0.1, 0.15) is 21.6 Å². The molecule has 34 heavy (non-hydrogen) atoms. The molecule has 166 valence electrons. The molecule has 0 aliphatic rings. The molecule has 5 aromatic rings. The molecule has 0 aliphatic carbocycles. The van der Waals surface area contributed by atoms with Crippen molar-refractivity contribution in [2.75, 3.05) is 0 Å². The number of amides is 1. The second-order valence-electron chi connectivity index (χ2n) is 7.95. The molecule has 0 saturated heterocycles. The zero-order valence-electron chi connectivity index (χ0n) is 18.5. The smallest absolute Gasteiger partial charge is 0.291 e. The summed E-state index contributed by atoms with van der Waals surface area (Å²) in [4.78, 5) is 12.9. The van der Waals surface area contributed by atoms with E-state index in [2.05, 4.69) is 15.6 Å². The molecule has 0 unspecified atom stereocenters. The van der Waals surface area contributed by atoms with Gasteiger partial charge in [0.25, 0.3) is 5.91 Å². The molecule has 1 amide bonds. The molecule has 2 N–H and O–H groups in total. The lowest BCUT2D eigenvalue weighted by Crippen LogP contribution is -2.18. The van der Waals surface area contributed by atoms with Crippen molar-refractivity contribution < 1.29 is 9.90 Å². The maximum Gasteiger partial charge on any atom is 0.291 e. The molecule has 0 spiro atoms. The Balaban J connectivity index is 1.46. The number of benzene rings is 4. The minimum absolute atomic E-state index is 0.0895. The lowest BCUT2D eigenvalue weighted by molar-refractivity contribution is 0.0949. The fourth-order valence-corrected chi connectivity index (χ4v) is 3.82. The average molecular weight is 447 g/mol. The van der Waals surface area contributed by atoms with E-state index >= 15 is 0 Å². The highest BCUT2D eigenvalue weighted by Gasteiger charge is 2.16. The largest absolute Gasteiger partial charge is 0.507 e. The molecule has 0 aliphatic heterocycles. The number of nitrogens with one attached hydrogen (secondary N) is 1. The molecule has 0 saturated carbocycles. The molecule has 6 heteroatoms. The Bertz CT molecular complexity index is 1500. The fourth-order valence-electron chi connectivity index (χ4n) is 3.82. The van der Waals surface area contributed by atoms with Crippen molar-refractivity contribution in [2.45, 2.75) is 6.92 Å². The van der Waals surface area contributed by atoms with Gasteiger partial charge >= 0.3 is 0 Å². The second-order valence-corrected chi connectivity index (χ2v) is 7.95. The highest BCUT2D eigenvalue weighted by atomic mass is 16.3. The van der Waals surface area contributed by atoms with Gasteiger partial charge in [-0.3, -0.25) is 4.79 Å². The summed E-state index contributed by atoms with van der Waals surface area (Å²) in [5, 5.41) is 20.7. The van der Waals surface area contributed by atoms with Crippen LogP contribution in [0.25, 0.3) is 27.7 Å².